The zero-order chi connectivity index (χ0) is 11.4. The molecule has 1 heterocycles. The average molecular weight is 212 g/mol. The van der Waals surface area contributed by atoms with Crippen LogP contribution in [0, 0.1) is 5.41 Å². The minimum atomic E-state index is 0.0118. The molecule has 0 unspecified atom stereocenters. The molecule has 0 aliphatic carbocycles. The van der Waals surface area contributed by atoms with Gasteiger partial charge in [-0.3, -0.25) is 5.41 Å². The van der Waals surface area contributed by atoms with E-state index in [9.17, 15) is 4.79 Å². The van der Waals surface area contributed by atoms with Crippen molar-refractivity contribution in [2.75, 3.05) is 19.6 Å². The molecule has 0 aromatic rings. The molecule has 0 radical (unpaired) electrons. The van der Waals surface area contributed by atoms with Gasteiger partial charge >= 0.3 is 6.03 Å². The summed E-state index contributed by atoms with van der Waals surface area (Å²) in [5, 5.41) is 7.25. The Bertz CT molecular complexity index is 246. The number of hydrogen-bond acceptors (Lipinski definition) is 2. The van der Waals surface area contributed by atoms with E-state index >= 15 is 0 Å². The van der Waals surface area contributed by atoms with Gasteiger partial charge in [-0.15, -0.1) is 0 Å². The number of nitrogens with zero attached hydrogens (tertiary/aromatic N) is 2. The summed E-state index contributed by atoms with van der Waals surface area (Å²) in [5.74, 6) is 0.0382. The Morgan fingerprint density at radius 3 is 2.40 bits per heavy atom. The molecule has 3 N–H and O–H groups in total. The average Bonchev–Trinajstić information content (AvgIpc) is 2.65. The van der Waals surface area contributed by atoms with E-state index in [1.54, 1.807) is 4.90 Å². The number of hydrogen-bond donors (Lipinski definition) is 2. The number of nitrogens with one attached hydrogen (secondary N) is 1. The van der Waals surface area contributed by atoms with Gasteiger partial charge in [0.25, 0.3) is 0 Å². The predicted molar refractivity (Wildman–Crippen MR) is 60.0 cm³/mol. The first-order valence-electron chi connectivity index (χ1n) is 5.41. The molecule has 1 fully saturated rings. The highest BCUT2D eigenvalue weighted by Crippen LogP contribution is 2.12. The molecule has 5 nitrogen and oxygen atoms in total. The smallest absolute Gasteiger partial charge is 0.320 e. The summed E-state index contributed by atoms with van der Waals surface area (Å²) in [6.07, 6.45) is 2.16. The van der Waals surface area contributed by atoms with Crippen molar-refractivity contribution < 1.29 is 4.79 Å². The normalized spacial score (nSPS) is 15.8. The van der Waals surface area contributed by atoms with Crippen molar-refractivity contribution in [1.29, 1.82) is 5.41 Å². The van der Waals surface area contributed by atoms with Gasteiger partial charge in [0.15, 0.2) is 0 Å². The van der Waals surface area contributed by atoms with E-state index in [1.165, 1.54) is 0 Å². The van der Waals surface area contributed by atoms with Crippen molar-refractivity contribution in [1.82, 2.24) is 9.80 Å². The first kappa shape index (κ1) is 11.8. The van der Waals surface area contributed by atoms with Gasteiger partial charge in [-0.25, -0.2) is 4.79 Å². The highest BCUT2D eigenvalue weighted by atomic mass is 16.2. The lowest BCUT2D eigenvalue weighted by molar-refractivity contribution is 0.157. The Hall–Kier alpha value is -1.26. The third kappa shape index (κ3) is 3.11. The first-order valence-corrected chi connectivity index (χ1v) is 5.41. The van der Waals surface area contributed by atoms with Gasteiger partial charge in [-0.05, 0) is 26.7 Å². The lowest BCUT2D eigenvalue weighted by atomic mass is 10.3. The third-order valence-electron chi connectivity index (χ3n) is 2.59. The minimum Gasteiger partial charge on any atom is -0.386 e. The van der Waals surface area contributed by atoms with E-state index in [0.29, 0.717) is 0 Å². The first-order chi connectivity index (χ1) is 7.02. The van der Waals surface area contributed by atoms with Crippen LogP contribution in [0.4, 0.5) is 4.79 Å². The van der Waals surface area contributed by atoms with Gasteiger partial charge in [0, 0.05) is 19.1 Å². The van der Waals surface area contributed by atoms with E-state index < -0.39 is 0 Å². The number of nitrogens with two attached hydrogens (primary N) is 1. The SMILES string of the molecule is CC(C)N(CC(=N)N)C(=O)N1CCCC1. The van der Waals surface area contributed by atoms with Gasteiger partial charge in [-0.2, -0.15) is 0 Å². The molecule has 2 amide bonds. The lowest BCUT2D eigenvalue weighted by Gasteiger charge is -2.30. The van der Waals surface area contributed by atoms with Gasteiger partial charge < -0.3 is 15.5 Å². The summed E-state index contributed by atoms with van der Waals surface area (Å²) in [7, 11) is 0. The summed E-state index contributed by atoms with van der Waals surface area (Å²) in [6, 6.07) is 0.0969. The molecule has 0 aromatic carbocycles. The van der Waals surface area contributed by atoms with Crippen LogP contribution >= 0.6 is 0 Å². The summed E-state index contributed by atoms with van der Waals surface area (Å²) in [5.41, 5.74) is 5.34. The van der Waals surface area contributed by atoms with Crippen LogP contribution in [0.2, 0.25) is 0 Å². The van der Waals surface area contributed by atoms with Gasteiger partial charge in [0.2, 0.25) is 0 Å². The summed E-state index contributed by atoms with van der Waals surface area (Å²) in [6.45, 7) is 5.78. The van der Waals surface area contributed by atoms with Crippen LogP contribution in [0.25, 0.3) is 0 Å². The lowest BCUT2D eigenvalue weighted by Crippen LogP contribution is -2.48. The second-order valence-corrected chi connectivity index (χ2v) is 4.22. The fourth-order valence-electron chi connectivity index (χ4n) is 1.74. The van der Waals surface area contributed by atoms with Crippen molar-refractivity contribution in [3.8, 4) is 0 Å². The van der Waals surface area contributed by atoms with Gasteiger partial charge in [0.1, 0.15) is 5.84 Å². The molecular weight excluding hydrogens is 192 g/mol. The van der Waals surface area contributed by atoms with Crippen molar-refractivity contribution in [3.63, 3.8) is 0 Å². The Labute approximate surface area is 90.7 Å². The van der Waals surface area contributed by atoms with Crippen LogP contribution in [0.5, 0.6) is 0 Å². The summed E-state index contributed by atoms with van der Waals surface area (Å²) < 4.78 is 0. The predicted octanol–water partition coefficient (Wildman–Crippen LogP) is 0.849. The molecule has 0 aromatic heterocycles. The Kier molecular flexibility index (Phi) is 3.94. The molecule has 0 spiro atoms. The van der Waals surface area contributed by atoms with Crippen LogP contribution in [0.3, 0.4) is 0 Å². The topological polar surface area (TPSA) is 73.4 Å². The molecule has 1 saturated heterocycles. The molecule has 1 rings (SSSR count). The molecule has 1 aliphatic rings. The maximum Gasteiger partial charge on any atom is 0.320 e. The third-order valence-corrected chi connectivity index (χ3v) is 2.59. The Morgan fingerprint density at radius 1 is 1.47 bits per heavy atom. The number of carbonyl (C=O) groups excluding carboxylic acids is 1. The van der Waals surface area contributed by atoms with E-state index in [2.05, 4.69) is 0 Å². The van der Waals surface area contributed by atoms with E-state index in [4.69, 9.17) is 11.1 Å². The molecule has 15 heavy (non-hydrogen) atoms. The zero-order valence-corrected chi connectivity index (χ0v) is 9.49. The van der Waals surface area contributed by atoms with Crippen LogP contribution in [0.1, 0.15) is 26.7 Å². The van der Waals surface area contributed by atoms with Crippen LogP contribution in [-0.4, -0.2) is 47.3 Å². The standard InChI is InChI=1S/C10H20N4O/c1-8(2)14(7-9(11)12)10(15)13-5-3-4-6-13/h8H,3-7H2,1-2H3,(H3,11,12). The molecule has 5 heteroatoms. The maximum absolute atomic E-state index is 12.0. The second-order valence-electron chi connectivity index (χ2n) is 4.22. The number of carbonyl (C=O) groups is 1. The molecule has 0 bridgehead atoms. The fraction of sp³-hybridized carbons (Fsp3) is 0.800. The second kappa shape index (κ2) is 5.00. The Balaban J connectivity index is 2.61. The van der Waals surface area contributed by atoms with Crippen molar-refractivity contribution in [3.05, 3.63) is 0 Å². The van der Waals surface area contributed by atoms with Crippen molar-refractivity contribution in [2.24, 2.45) is 5.73 Å². The number of amidine groups is 1. The minimum absolute atomic E-state index is 0.0118. The number of likely N-dealkylation sites (tertiary alicyclic amines) is 1. The summed E-state index contributed by atoms with van der Waals surface area (Å²) >= 11 is 0. The van der Waals surface area contributed by atoms with E-state index in [1.807, 2.05) is 18.7 Å². The number of rotatable bonds is 3. The maximum atomic E-state index is 12.0. The Morgan fingerprint density at radius 2 is 2.00 bits per heavy atom. The van der Waals surface area contributed by atoms with E-state index in [0.717, 1.165) is 25.9 Å². The highest BCUT2D eigenvalue weighted by molar-refractivity contribution is 5.84. The molecule has 0 saturated carbocycles. The number of amides is 2. The van der Waals surface area contributed by atoms with Crippen LogP contribution in [0.15, 0.2) is 0 Å². The fourth-order valence-corrected chi connectivity index (χ4v) is 1.74. The van der Waals surface area contributed by atoms with E-state index in [-0.39, 0.29) is 24.5 Å². The molecular formula is C10H20N4O. The highest BCUT2D eigenvalue weighted by Gasteiger charge is 2.25. The zero-order valence-electron chi connectivity index (χ0n) is 9.49. The molecule has 0 atom stereocenters. The van der Waals surface area contributed by atoms with Crippen LogP contribution in [-0.2, 0) is 0 Å². The van der Waals surface area contributed by atoms with Gasteiger partial charge in [0.05, 0.1) is 6.54 Å². The molecule has 86 valence electrons. The summed E-state index contributed by atoms with van der Waals surface area (Å²) in [4.78, 5) is 15.5. The van der Waals surface area contributed by atoms with Crippen LogP contribution < -0.4 is 5.73 Å². The number of urea groups is 1. The monoisotopic (exact) mass is 212 g/mol. The van der Waals surface area contributed by atoms with Crippen molar-refractivity contribution >= 4 is 11.9 Å². The molecule has 1 aliphatic heterocycles. The van der Waals surface area contributed by atoms with Gasteiger partial charge in [-0.1, -0.05) is 0 Å². The quantitative estimate of drug-likeness (QED) is 0.537. The van der Waals surface area contributed by atoms with Crippen molar-refractivity contribution in [2.45, 2.75) is 32.7 Å². The largest absolute Gasteiger partial charge is 0.386 e.